The fourth-order valence-corrected chi connectivity index (χ4v) is 1.69. The largest absolute Gasteiger partial charge is 0.325 e. The van der Waals surface area contributed by atoms with Crippen LogP contribution in [0.1, 0.15) is 17.0 Å². The molecule has 16 heavy (non-hydrogen) atoms. The molecule has 84 valence electrons. The molecule has 0 amide bonds. The van der Waals surface area contributed by atoms with Crippen molar-refractivity contribution in [2.45, 2.75) is 13.0 Å². The van der Waals surface area contributed by atoms with Gasteiger partial charge in [-0.05, 0) is 17.7 Å². The average Bonchev–Trinajstić information content (AvgIpc) is 2.62. The zero-order valence-electron chi connectivity index (χ0n) is 9.15. The number of aryl methyl sites for hydroxylation is 1. The quantitative estimate of drug-likeness (QED) is 0.852. The normalized spacial score (nSPS) is 10.7. The first-order chi connectivity index (χ1) is 7.70. The molecule has 1 aromatic heterocycles. The van der Waals surface area contributed by atoms with Gasteiger partial charge < -0.3 is 5.73 Å². The highest BCUT2D eigenvalue weighted by Crippen LogP contribution is 2.12. The Labute approximate surface area is 93.7 Å². The molecule has 0 aliphatic heterocycles. The highest BCUT2D eigenvalue weighted by molar-refractivity contribution is 5.24. The molecular formula is C12H14FN3. The van der Waals surface area contributed by atoms with Crippen molar-refractivity contribution >= 4 is 0 Å². The van der Waals surface area contributed by atoms with Crippen LogP contribution >= 0.6 is 0 Å². The molecule has 0 aliphatic rings. The molecule has 0 fully saturated rings. The molecule has 0 bridgehead atoms. The average molecular weight is 219 g/mol. The molecule has 0 aliphatic carbocycles. The standard InChI is InChI=1S/C12H14FN3/c1-16-11(8-14)7-10(15-16)6-9-4-2-3-5-12(9)13/h2-5,7H,6,8,14H2,1H3. The van der Waals surface area contributed by atoms with Crippen LogP contribution in [0.4, 0.5) is 4.39 Å². The molecule has 3 nitrogen and oxygen atoms in total. The lowest BCUT2D eigenvalue weighted by atomic mass is 10.1. The van der Waals surface area contributed by atoms with Gasteiger partial charge in [-0.25, -0.2) is 4.39 Å². The minimum atomic E-state index is -0.192. The first-order valence-electron chi connectivity index (χ1n) is 5.16. The summed E-state index contributed by atoms with van der Waals surface area (Å²) in [7, 11) is 1.84. The third-order valence-corrected chi connectivity index (χ3v) is 2.57. The third-order valence-electron chi connectivity index (χ3n) is 2.57. The molecule has 0 spiro atoms. The van der Waals surface area contributed by atoms with E-state index >= 15 is 0 Å². The van der Waals surface area contributed by atoms with Gasteiger partial charge in [0.05, 0.1) is 11.4 Å². The predicted octanol–water partition coefficient (Wildman–Crippen LogP) is 1.61. The first-order valence-corrected chi connectivity index (χ1v) is 5.16. The summed E-state index contributed by atoms with van der Waals surface area (Å²) in [6.45, 7) is 0.445. The van der Waals surface area contributed by atoms with E-state index in [0.29, 0.717) is 18.5 Å². The fourth-order valence-electron chi connectivity index (χ4n) is 1.69. The maximum absolute atomic E-state index is 13.4. The topological polar surface area (TPSA) is 43.8 Å². The van der Waals surface area contributed by atoms with Gasteiger partial charge in [-0.2, -0.15) is 5.10 Å². The highest BCUT2D eigenvalue weighted by Gasteiger charge is 2.07. The Morgan fingerprint density at radius 1 is 1.38 bits per heavy atom. The van der Waals surface area contributed by atoms with Crippen molar-refractivity contribution < 1.29 is 4.39 Å². The molecule has 2 rings (SSSR count). The fraction of sp³-hybridized carbons (Fsp3) is 0.250. The minimum Gasteiger partial charge on any atom is -0.325 e. The molecule has 0 unspecified atom stereocenters. The van der Waals surface area contributed by atoms with E-state index in [9.17, 15) is 4.39 Å². The van der Waals surface area contributed by atoms with E-state index in [1.807, 2.05) is 19.2 Å². The van der Waals surface area contributed by atoms with Gasteiger partial charge in [0.25, 0.3) is 0 Å². The van der Waals surface area contributed by atoms with Gasteiger partial charge in [0.15, 0.2) is 0 Å². The monoisotopic (exact) mass is 219 g/mol. The number of hydrogen-bond acceptors (Lipinski definition) is 2. The van der Waals surface area contributed by atoms with Crippen molar-refractivity contribution in [3.8, 4) is 0 Å². The van der Waals surface area contributed by atoms with Crippen molar-refractivity contribution in [2.24, 2.45) is 12.8 Å². The van der Waals surface area contributed by atoms with Crippen molar-refractivity contribution in [1.82, 2.24) is 9.78 Å². The Morgan fingerprint density at radius 3 is 2.75 bits per heavy atom. The second kappa shape index (κ2) is 4.45. The Hall–Kier alpha value is -1.68. The Morgan fingerprint density at radius 2 is 2.12 bits per heavy atom. The Balaban J connectivity index is 2.24. The van der Waals surface area contributed by atoms with E-state index < -0.39 is 0 Å². The smallest absolute Gasteiger partial charge is 0.126 e. The lowest BCUT2D eigenvalue weighted by Crippen LogP contribution is -2.03. The van der Waals surface area contributed by atoms with Crippen LogP contribution in [0.25, 0.3) is 0 Å². The van der Waals surface area contributed by atoms with Gasteiger partial charge in [0.1, 0.15) is 5.82 Å². The summed E-state index contributed by atoms with van der Waals surface area (Å²) in [6.07, 6.45) is 0.501. The van der Waals surface area contributed by atoms with Crippen LogP contribution in [0, 0.1) is 5.82 Å². The van der Waals surface area contributed by atoms with Gasteiger partial charge in [-0.15, -0.1) is 0 Å². The number of benzene rings is 1. The number of hydrogen-bond donors (Lipinski definition) is 1. The van der Waals surface area contributed by atoms with E-state index in [1.54, 1.807) is 16.8 Å². The zero-order chi connectivity index (χ0) is 11.5. The molecule has 0 saturated carbocycles. The third kappa shape index (κ3) is 2.12. The molecule has 1 heterocycles. The summed E-state index contributed by atoms with van der Waals surface area (Å²) >= 11 is 0. The van der Waals surface area contributed by atoms with E-state index in [2.05, 4.69) is 5.10 Å². The van der Waals surface area contributed by atoms with Crippen LogP contribution in [0.2, 0.25) is 0 Å². The molecular weight excluding hydrogens is 205 g/mol. The van der Waals surface area contributed by atoms with Crippen molar-refractivity contribution in [1.29, 1.82) is 0 Å². The van der Waals surface area contributed by atoms with Crippen molar-refractivity contribution in [2.75, 3.05) is 0 Å². The maximum Gasteiger partial charge on any atom is 0.126 e. The second-order valence-electron chi connectivity index (χ2n) is 3.72. The van der Waals surface area contributed by atoms with E-state index in [-0.39, 0.29) is 5.82 Å². The van der Waals surface area contributed by atoms with Crippen LogP contribution in [0.5, 0.6) is 0 Å². The van der Waals surface area contributed by atoms with Gasteiger partial charge in [0.2, 0.25) is 0 Å². The molecule has 1 aromatic carbocycles. The van der Waals surface area contributed by atoms with Gasteiger partial charge in [0, 0.05) is 20.0 Å². The summed E-state index contributed by atoms with van der Waals surface area (Å²) in [5, 5.41) is 4.29. The molecule has 0 radical (unpaired) electrons. The van der Waals surface area contributed by atoms with Crippen LogP contribution in [-0.2, 0) is 20.0 Å². The van der Waals surface area contributed by atoms with Crippen LogP contribution in [0.3, 0.4) is 0 Å². The van der Waals surface area contributed by atoms with E-state index in [0.717, 1.165) is 11.4 Å². The molecule has 2 aromatic rings. The lowest BCUT2D eigenvalue weighted by Gasteiger charge is -1.99. The zero-order valence-corrected chi connectivity index (χ0v) is 9.15. The molecule has 2 N–H and O–H groups in total. The van der Waals surface area contributed by atoms with E-state index in [1.165, 1.54) is 6.07 Å². The van der Waals surface area contributed by atoms with Gasteiger partial charge >= 0.3 is 0 Å². The van der Waals surface area contributed by atoms with E-state index in [4.69, 9.17) is 5.73 Å². The SMILES string of the molecule is Cn1nc(Cc2ccccc2F)cc1CN. The summed E-state index contributed by atoms with van der Waals surface area (Å²) in [5.41, 5.74) is 8.00. The Kier molecular flexibility index (Phi) is 3.01. The summed E-state index contributed by atoms with van der Waals surface area (Å²) in [5.74, 6) is -0.192. The maximum atomic E-state index is 13.4. The molecule has 0 atom stereocenters. The number of halogens is 1. The molecule has 4 heteroatoms. The highest BCUT2D eigenvalue weighted by atomic mass is 19.1. The summed E-state index contributed by atoms with van der Waals surface area (Å²) < 4.78 is 15.1. The summed E-state index contributed by atoms with van der Waals surface area (Å²) in [4.78, 5) is 0. The van der Waals surface area contributed by atoms with Crippen LogP contribution in [0.15, 0.2) is 30.3 Å². The van der Waals surface area contributed by atoms with Crippen LogP contribution in [-0.4, -0.2) is 9.78 Å². The van der Waals surface area contributed by atoms with Crippen molar-refractivity contribution in [3.05, 3.63) is 53.1 Å². The summed E-state index contributed by atoms with van der Waals surface area (Å²) in [6, 6.07) is 8.65. The second-order valence-corrected chi connectivity index (χ2v) is 3.72. The van der Waals surface area contributed by atoms with Gasteiger partial charge in [-0.1, -0.05) is 18.2 Å². The number of nitrogens with zero attached hydrogens (tertiary/aromatic N) is 2. The first kappa shape index (κ1) is 10.8. The Bertz CT molecular complexity index is 491. The number of nitrogens with two attached hydrogens (primary N) is 1. The van der Waals surface area contributed by atoms with Gasteiger partial charge in [-0.3, -0.25) is 4.68 Å². The number of rotatable bonds is 3. The lowest BCUT2D eigenvalue weighted by molar-refractivity contribution is 0.612. The van der Waals surface area contributed by atoms with Crippen molar-refractivity contribution in [3.63, 3.8) is 0 Å². The predicted molar refractivity (Wildman–Crippen MR) is 60.3 cm³/mol. The molecule has 0 saturated heterocycles. The number of aromatic nitrogens is 2. The minimum absolute atomic E-state index is 0.192. The van der Waals surface area contributed by atoms with Crippen LogP contribution < -0.4 is 5.73 Å².